The normalized spacial score (nSPS) is 23.6. The molecule has 1 unspecified atom stereocenters. The van der Waals surface area contributed by atoms with Crippen LogP contribution in [0.25, 0.3) is 0 Å². The van der Waals surface area contributed by atoms with Gasteiger partial charge in [-0.1, -0.05) is 6.58 Å². The van der Waals surface area contributed by atoms with Crippen LogP contribution in [0.1, 0.15) is 6.92 Å². The Bertz CT molecular complexity index is 862. The Hall–Kier alpha value is -2.95. The van der Waals surface area contributed by atoms with E-state index in [1.165, 1.54) is 0 Å². The first-order valence-electron chi connectivity index (χ1n) is 6.31. The molecular weight excluding hydrogens is 346 g/mol. The van der Waals surface area contributed by atoms with Crippen LogP contribution in [-0.2, 0) is 33.8 Å². The third-order valence-corrected chi connectivity index (χ3v) is 5.35. The highest BCUT2D eigenvalue weighted by Gasteiger charge is 2.58. The molecule has 0 bridgehead atoms. The summed E-state index contributed by atoms with van der Waals surface area (Å²) in [6, 6.07) is 0. The Kier molecular flexibility index (Phi) is 4.06. The number of β-lactam (4-membered cyclic amide) rings is 1. The molecular formula is C13H11NO9S. The highest BCUT2D eigenvalue weighted by Crippen LogP contribution is 2.44. The number of sulfone groups is 1. The average molecular weight is 357 g/mol. The number of aliphatic carboxylic acids is 2. The van der Waals surface area contributed by atoms with Gasteiger partial charge in [-0.2, -0.15) is 0 Å². The van der Waals surface area contributed by atoms with Crippen LogP contribution < -0.4 is 0 Å². The zero-order chi connectivity index (χ0) is 18.4. The summed E-state index contributed by atoms with van der Waals surface area (Å²) in [5.41, 5.74) is -1.74. The highest BCUT2D eigenvalue weighted by atomic mass is 32.2. The van der Waals surface area contributed by atoms with E-state index >= 15 is 0 Å². The summed E-state index contributed by atoms with van der Waals surface area (Å²) in [5, 5.41) is 16.2. The largest absolute Gasteiger partial charge is 0.478 e. The van der Waals surface area contributed by atoms with E-state index in [2.05, 4.69) is 11.3 Å². The molecule has 0 aromatic carbocycles. The molecule has 1 amide bonds. The maximum absolute atomic E-state index is 12.4. The number of carbonyl (C=O) groups is 4. The van der Waals surface area contributed by atoms with Crippen molar-refractivity contribution in [2.75, 3.05) is 6.61 Å². The predicted molar refractivity (Wildman–Crippen MR) is 75.7 cm³/mol. The lowest BCUT2D eigenvalue weighted by Gasteiger charge is -2.45. The first kappa shape index (κ1) is 17.4. The Morgan fingerprint density at radius 2 is 1.92 bits per heavy atom. The summed E-state index contributed by atoms with van der Waals surface area (Å²) < 4.78 is 29.5. The van der Waals surface area contributed by atoms with Gasteiger partial charge >= 0.3 is 17.9 Å². The zero-order valence-electron chi connectivity index (χ0n) is 12.2. The molecule has 128 valence electrons. The second kappa shape index (κ2) is 5.60. The molecule has 11 heteroatoms. The van der Waals surface area contributed by atoms with Gasteiger partial charge in [0.05, 0.1) is 10.5 Å². The molecule has 0 aromatic rings. The molecule has 1 atom stereocenters. The van der Waals surface area contributed by atoms with Crippen LogP contribution in [0, 0.1) is 0 Å². The molecule has 24 heavy (non-hydrogen) atoms. The molecule has 0 aromatic heterocycles. The lowest BCUT2D eigenvalue weighted by Crippen LogP contribution is -2.62. The standard InChI is InChI=1S/C13H11NO9S/c1-5-8(4-23-6(2)15)10(13(19)20)14-11(18)7(3-9(16)17)12(14)24(5,21)22/h3,12H,1,4H2,2H3,(H,16,17)(H,19,20)/b7-3-. The van der Waals surface area contributed by atoms with Crippen molar-refractivity contribution in [1.82, 2.24) is 4.90 Å². The van der Waals surface area contributed by atoms with Crippen molar-refractivity contribution in [3.05, 3.63) is 34.4 Å². The molecule has 2 N–H and O–H groups in total. The molecule has 1 fully saturated rings. The first-order chi connectivity index (χ1) is 11.0. The number of hydrogen-bond acceptors (Lipinski definition) is 7. The fourth-order valence-electron chi connectivity index (χ4n) is 2.35. The van der Waals surface area contributed by atoms with E-state index in [1.807, 2.05) is 0 Å². The van der Waals surface area contributed by atoms with Crippen LogP contribution in [0.4, 0.5) is 0 Å². The number of fused-ring (bicyclic) bond motifs is 1. The third kappa shape index (κ3) is 2.48. The smallest absolute Gasteiger partial charge is 0.353 e. The highest BCUT2D eigenvalue weighted by molar-refractivity contribution is 7.96. The van der Waals surface area contributed by atoms with Gasteiger partial charge in [0.1, 0.15) is 12.3 Å². The Balaban J connectivity index is 2.65. The summed E-state index contributed by atoms with van der Waals surface area (Å²) in [6.45, 7) is 3.63. The van der Waals surface area contributed by atoms with Crippen molar-refractivity contribution in [3.63, 3.8) is 0 Å². The van der Waals surface area contributed by atoms with E-state index in [0.717, 1.165) is 6.92 Å². The summed E-state index contributed by atoms with van der Waals surface area (Å²) in [7, 11) is -4.33. The first-order valence-corrected chi connectivity index (χ1v) is 7.85. The van der Waals surface area contributed by atoms with Crippen molar-refractivity contribution in [2.24, 2.45) is 0 Å². The van der Waals surface area contributed by atoms with E-state index in [-0.39, 0.29) is 0 Å². The molecule has 2 aliphatic heterocycles. The van der Waals surface area contributed by atoms with E-state index in [4.69, 9.17) is 5.11 Å². The van der Waals surface area contributed by atoms with Crippen LogP contribution in [0.3, 0.4) is 0 Å². The fourth-order valence-corrected chi connectivity index (χ4v) is 4.10. The maximum Gasteiger partial charge on any atom is 0.353 e. The van der Waals surface area contributed by atoms with Gasteiger partial charge in [-0.05, 0) is 0 Å². The van der Waals surface area contributed by atoms with Gasteiger partial charge in [-0.3, -0.25) is 14.5 Å². The molecule has 2 aliphatic rings. The Labute approximate surface area is 135 Å². The minimum atomic E-state index is -4.33. The van der Waals surface area contributed by atoms with Gasteiger partial charge < -0.3 is 14.9 Å². The fraction of sp³-hybridized carbons (Fsp3) is 0.231. The van der Waals surface area contributed by atoms with Gasteiger partial charge in [0.2, 0.25) is 9.84 Å². The van der Waals surface area contributed by atoms with E-state index in [0.29, 0.717) is 11.0 Å². The summed E-state index contributed by atoms with van der Waals surface area (Å²) in [4.78, 5) is 44.9. The number of hydrogen-bond donors (Lipinski definition) is 2. The summed E-state index contributed by atoms with van der Waals surface area (Å²) in [5.74, 6) is -5.05. The van der Waals surface area contributed by atoms with Crippen LogP contribution in [0.15, 0.2) is 34.4 Å². The van der Waals surface area contributed by atoms with Crippen LogP contribution in [0.5, 0.6) is 0 Å². The maximum atomic E-state index is 12.4. The van der Waals surface area contributed by atoms with Gasteiger partial charge in [0, 0.05) is 18.6 Å². The summed E-state index contributed by atoms with van der Waals surface area (Å²) >= 11 is 0. The van der Waals surface area contributed by atoms with Gasteiger partial charge in [0.25, 0.3) is 5.91 Å². The number of carboxylic acids is 2. The number of carboxylic acid groups (broad SMARTS) is 2. The van der Waals surface area contributed by atoms with E-state index in [9.17, 15) is 32.7 Å². The minimum absolute atomic E-state index is 0.408. The van der Waals surface area contributed by atoms with Crippen LogP contribution >= 0.6 is 0 Å². The third-order valence-electron chi connectivity index (χ3n) is 3.37. The van der Waals surface area contributed by atoms with Gasteiger partial charge in [0.15, 0.2) is 5.37 Å². The number of ether oxygens (including phenoxy) is 1. The Morgan fingerprint density at radius 1 is 1.33 bits per heavy atom. The average Bonchev–Trinajstić information content (AvgIpc) is 2.45. The van der Waals surface area contributed by atoms with Crippen molar-refractivity contribution < 1.29 is 42.5 Å². The SMILES string of the molecule is C=C1C(COC(C)=O)=C(C(=O)O)N2C(=O)/C(=C/C(=O)O)C2S1(=O)=O. The van der Waals surface area contributed by atoms with Crippen molar-refractivity contribution >= 4 is 33.7 Å². The molecule has 10 nitrogen and oxygen atoms in total. The minimum Gasteiger partial charge on any atom is -0.478 e. The number of nitrogens with zero attached hydrogens (tertiary/aromatic N) is 1. The second-order valence-electron chi connectivity index (χ2n) is 4.85. The number of carbonyl (C=O) groups excluding carboxylic acids is 2. The zero-order valence-corrected chi connectivity index (χ0v) is 13.0. The Morgan fingerprint density at radius 3 is 2.38 bits per heavy atom. The number of rotatable bonds is 4. The lowest BCUT2D eigenvalue weighted by molar-refractivity contribution is -0.143. The topological polar surface area (TPSA) is 155 Å². The molecule has 0 saturated carbocycles. The molecule has 0 radical (unpaired) electrons. The van der Waals surface area contributed by atoms with E-state index < -0.39 is 67.4 Å². The monoisotopic (exact) mass is 357 g/mol. The predicted octanol–water partition coefficient (Wildman–Crippen LogP) is -0.990. The molecule has 0 aliphatic carbocycles. The van der Waals surface area contributed by atoms with Crippen LogP contribution in [0.2, 0.25) is 0 Å². The summed E-state index contributed by atoms with van der Waals surface area (Å²) in [6.07, 6.45) is 0.408. The second-order valence-corrected chi connectivity index (χ2v) is 6.88. The van der Waals surface area contributed by atoms with Crippen molar-refractivity contribution in [1.29, 1.82) is 0 Å². The molecule has 1 saturated heterocycles. The van der Waals surface area contributed by atoms with Crippen LogP contribution in [-0.4, -0.2) is 59.3 Å². The van der Waals surface area contributed by atoms with E-state index in [1.54, 1.807) is 0 Å². The molecule has 2 rings (SSSR count). The molecule has 0 spiro atoms. The number of amides is 1. The van der Waals surface area contributed by atoms with Crippen molar-refractivity contribution in [2.45, 2.75) is 12.3 Å². The van der Waals surface area contributed by atoms with Crippen molar-refractivity contribution in [3.8, 4) is 0 Å². The molecule has 2 heterocycles. The quantitative estimate of drug-likeness (QED) is 0.366. The van der Waals surface area contributed by atoms with Gasteiger partial charge in [-0.15, -0.1) is 0 Å². The lowest BCUT2D eigenvalue weighted by atomic mass is 10.0. The van der Waals surface area contributed by atoms with Gasteiger partial charge in [-0.25, -0.2) is 18.0 Å². The number of esters is 1.